The number of benzene rings is 1. The second-order valence-corrected chi connectivity index (χ2v) is 6.37. The van der Waals surface area contributed by atoms with Crippen LogP contribution in [0.15, 0.2) is 24.3 Å². The minimum absolute atomic E-state index is 0.491. The highest BCUT2D eigenvalue weighted by Crippen LogP contribution is 2.23. The van der Waals surface area contributed by atoms with Crippen molar-refractivity contribution in [1.29, 1.82) is 0 Å². The molecule has 1 heterocycles. The normalized spacial score (nSPS) is 20.6. The second-order valence-electron chi connectivity index (χ2n) is 5.93. The molecule has 1 aromatic rings. The summed E-state index contributed by atoms with van der Waals surface area (Å²) in [5.41, 5.74) is 8.02. The molecule has 2 N–H and O–H groups in total. The first-order valence-corrected chi connectivity index (χ1v) is 8.21. The smallest absolute Gasteiger partial charge is 0.103 e. The summed E-state index contributed by atoms with van der Waals surface area (Å²) in [6, 6.07) is 8.36. The minimum atomic E-state index is 0.491. The van der Waals surface area contributed by atoms with E-state index in [1.807, 2.05) is 6.07 Å². The largest absolute Gasteiger partial charge is 0.389 e. The standard InChI is InChI=1S/C17H26N2S/c1-2-5-14-7-4-10-19(11-9-14)13-15-6-3-8-16(12-15)17(18)20/h3,6,8,12,14H,2,4-5,7,9-11,13H2,1H3,(H2,18,20). The molecule has 0 aromatic heterocycles. The van der Waals surface area contributed by atoms with E-state index in [2.05, 4.69) is 30.0 Å². The molecule has 0 amide bonds. The van der Waals surface area contributed by atoms with E-state index in [1.54, 1.807) is 0 Å². The zero-order valence-corrected chi connectivity index (χ0v) is 13.3. The van der Waals surface area contributed by atoms with Crippen molar-refractivity contribution in [2.24, 2.45) is 11.7 Å². The Kier molecular flexibility index (Phi) is 5.99. The quantitative estimate of drug-likeness (QED) is 0.838. The molecule has 110 valence electrons. The van der Waals surface area contributed by atoms with Crippen molar-refractivity contribution < 1.29 is 0 Å². The average molecular weight is 290 g/mol. The van der Waals surface area contributed by atoms with E-state index in [4.69, 9.17) is 18.0 Å². The van der Waals surface area contributed by atoms with Crippen molar-refractivity contribution in [2.75, 3.05) is 13.1 Å². The fraction of sp³-hybridized carbons (Fsp3) is 0.588. The van der Waals surface area contributed by atoms with Crippen molar-refractivity contribution in [3.05, 3.63) is 35.4 Å². The molecule has 3 heteroatoms. The molecule has 20 heavy (non-hydrogen) atoms. The van der Waals surface area contributed by atoms with Crippen LogP contribution in [-0.4, -0.2) is 23.0 Å². The van der Waals surface area contributed by atoms with Gasteiger partial charge in [0.05, 0.1) is 0 Å². The first-order valence-electron chi connectivity index (χ1n) is 7.80. The highest BCUT2D eigenvalue weighted by atomic mass is 32.1. The van der Waals surface area contributed by atoms with Crippen LogP contribution in [0.2, 0.25) is 0 Å². The molecule has 1 aliphatic heterocycles. The fourth-order valence-electron chi connectivity index (χ4n) is 3.16. The lowest BCUT2D eigenvalue weighted by Crippen LogP contribution is -2.24. The maximum Gasteiger partial charge on any atom is 0.103 e. The van der Waals surface area contributed by atoms with E-state index in [0.29, 0.717) is 4.99 Å². The molecule has 1 fully saturated rings. The molecule has 1 aliphatic rings. The Hall–Kier alpha value is -0.930. The summed E-state index contributed by atoms with van der Waals surface area (Å²) < 4.78 is 0. The van der Waals surface area contributed by atoms with Gasteiger partial charge >= 0.3 is 0 Å². The maximum atomic E-state index is 5.71. The van der Waals surface area contributed by atoms with Crippen LogP contribution in [0, 0.1) is 5.92 Å². The number of hydrogen-bond donors (Lipinski definition) is 1. The Labute approximate surface area is 128 Å². The van der Waals surface area contributed by atoms with E-state index in [-0.39, 0.29) is 0 Å². The van der Waals surface area contributed by atoms with Gasteiger partial charge in [-0.1, -0.05) is 50.2 Å². The SMILES string of the molecule is CCCC1CCCN(Cc2cccc(C(N)=S)c2)CC1. The molecule has 0 bridgehead atoms. The average Bonchev–Trinajstić information content (AvgIpc) is 2.65. The molecule has 1 atom stereocenters. The third-order valence-electron chi connectivity index (χ3n) is 4.25. The number of nitrogens with zero attached hydrogens (tertiary/aromatic N) is 1. The minimum Gasteiger partial charge on any atom is -0.389 e. The van der Waals surface area contributed by atoms with Crippen LogP contribution in [0.25, 0.3) is 0 Å². The number of hydrogen-bond acceptors (Lipinski definition) is 2. The van der Waals surface area contributed by atoms with Gasteiger partial charge < -0.3 is 5.73 Å². The van der Waals surface area contributed by atoms with Gasteiger partial charge in [0.15, 0.2) is 0 Å². The molecule has 2 nitrogen and oxygen atoms in total. The number of likely N-dealkylation sites (tertiary alicyclic amines) is 1. The first-order chi connectivity index (χ1) is 9.69. The van der Waals surface area contributed by atoms with Crippen LogP contribution in [0.4, 0.5) is 0 Å². The van der Waals surface area contributed by atoms with Crippen molar-refractivity contribution in [2.45, 2.75) is 45.6 Å². The van der Waals surface area contributed by atoms with E-state index in [0.717, 1.165) is 18.0 Å². The highest BCUT2D eigenvalue weighted by molar-refractivity contribution is 7.80. The van der Waals surface area contributed by atoms with Gasteiger partial charge in [-0.2, -0.15) is 0 Å². The second kappa shape index (κ2) is 7.75. The molecule has 1 unspecified atom stereocenters. The molecule has 0 saturated carbocycles. The summed E-state index contributed by atoms with van der Waals surface area (Å²) in [6.07, 6.45) is 6.80. The summed E-state index contributed by atoms with van der Waals surface area (Å²) in [4.78, 5) is 3.07. The van der Waals surface area contributed by atoms with Gasteiger partial charge in [-0.25, -0.2) is 0 Å². The Balaban J connectivity index is 1.93. The van der Waals surface area contributed by atoms with E-state index < -0.39 is 0 Å². The Morgan fingerprint density at radius 3 is 2.95 bits per heavy atom. The lowest BCUT2D eigenvalue weighted by Gasteiger charge is -2.20. The summed E-state index contributed by atoms with van der Waals surface area (Å²) in [7, 11) is 0. The predicted octanol–water partition coefficient (Wildman–Crippen LogP) is 3.72. The van der Waals surface area contributed by atoms with Crippen LogP contribution < -0.4 is 5.73 Å². The first kappa shape index (κ1) is 15.5. The Bertz CT molecular complexity index is 444. The van der Waals surface area contributed by atoms with Crippen LogP contribution >= 0.6 is 12.2 Å². The van der Waals surface area contributed by atoms with Gasteiger partial charge in [0.1, 0.15) is 4.99 Å². The van der Waals surface area contributed by atoms with Crippen molar-refractivity contribution in [1.82, 2.24) is 4.90 Å². The summed E-state index contributed by atoms with van der Waals surface area (Å²) >= 11 is 5.06. The van der Waals surface area contributed by atoms with Crippen molar-refractivity contribution >= 4 is 17.2 Å². The van der Waals surface area contributed by atoms with Gasteiger partial charge in [0.25, 0.3) is 0 Å². The fourth-order valence-corrected chi connectivity index (χ4v) is 3.29. The lowest BCUT2D eigenvalue weighted by molar-refractivity contribution is 0.271. The van der Waals surface area contributed by atoms with E-state index in [9.17, 15) is 0 Å². The lowest BCUT2D eigenvalue weighted by atomic mass is 9.96. The van der Waals surface area contributed by atoms with Gasteiger partial charge in [0.2, 0.25) is 0 Å². The molecule has 0 radical (unpaired) electrons. The van der Waals surface area contributed by atoms with Gasteiger partial charge in [-0.15, -0.1) is 0 Å². The number of nitrogens with two attached hydrogens (primary N) is 1. The van der Waals surface area contributed by atoms with Crippen LogP contribution in [0.1, 0.15) is 50.2 Å². The van der Waals surface area contributed by atoms with E-state index in [1.165, 1.54) is 50.8 Å². The Morgan fingerprint density at radius 1 is 1.35 bits per heavy atom. The van der Waals surface area contributed by atoms with Crippen LogP contribution in [-0.2, 0) is 6.54 Å². The Morgan fingerprint density at radius 2 is 2.20 bits per heavy atom. The molecule has 0 spiro atoms. The summed E-state index contributed by atoms with van der Waals surface area (Å²) in [5.74, 6) is 0.938. The monoisotopic (exact) mass is 290 g/mol. The zero-order chi connectivity index (χ0) is 14.4. The summed E-state index contributed by atoms with van der Waals surface area (Å²) in [5, 5.41) is 0. The molecular formula is C17H26N2S. The number of rotatable bonds is 5. The van der Waals surface area contributed by atoms with Crippen LogP contribution in [0.5, 0.6) is 0 Å². The molecule has 0 aliphatic carbocycles. The molecule has 2 rings (SSSR count). The van der Waals surface area contributed by atoms with Gasteiger partial charge in [0, 0.05) is 12.1 Å². The molecule has 1 saturated heterocycles. The third kappa shape index (κ3) is 4.57. The van der Waals surface area contributed by atoms with Crippen molar-refractivity contribution in [3.8, 4) is 0 Å². The third-order valence-corrected chi connectivity index (χ3v) is 4.49. The maximum absolute atomic E-state index is 5.71. The summed E-state index contributed by atoms with van der Waals surface area (Å²) in [6.45, 7) is 5.76. The highest BCUT2D eigenvalue weighted by Gasteiger charge is 2.16. The van der Waals surface area contributed by atoms with Crippen LogP contribution in [0.3, 0.4) is 0 Å². The zero-order valence-electron chi connectivity index (χ0n) is 12.5. The predicted molar refractivity (Wildman–Crippen MR) is 89.9 cm³/mol. The topological polar surface area (TPSA) is 29.3 Å². The van der Waals surface area contributed by atoms with E-state index >= 15 is 0 Å². The van der Waals surface area contributed by atoms with Crippen molar-refractivity contribution in [3.63, 3.8) is 0 Å². The van der Waals surface area contributed by atoms with Gasteiger partial charge in [-0.05, 0) is 49.9 Å². The molecule has 1 aromatic carbocycles. The number of thiocarbonyl (C=S) groups is 1. The van der Waals surface area contributed by atoms with Gasteiger partial charge in [-0.3, -0.25) is 4.90 Å². The molecular weight excluding hydrogens is 264 g/mol.